The summed E-state index contributed by atoms with van der Waals surface area (Å²) in [5.41, 5.74) is 3.62. The Morgan fingerprint density at radius 1 is 1.30 bits per heavy atom. The van der Waals surface area contributed by atoms with Gasteiger partial charge in [-0.15, -0.1) is 0 Å². The second-order valence-corrected chi connectivity index (χ2v) is 3.32. The molecule has 0 amide bonds. The largest absolute Gasteiger partial charge is 0.0579 e. The van der Waals surface area contributed by atoms with Crippen LogP contribution >= 0.6 is 15.9 Å². The maximum Gasteiger partial charge on any atom is 0.0207 e. The maximum atomic E-state index is 3.95. The molecule has 1 radical (unpaired) electrons. The molecule has 0 bridgehead atoms. The van der Waals surface area contributed by atoms with Gasteiger partial charge in [0.05, 0.1) is 0 Å². The van der Waals surface area contributed by atoms with Crippen molar-refractivity contribution in [2.75, 3.05) is 0 Å². The van der Waals surface area contributed by atoms with E-state index in [0.29, 0.717) is 0 Å². The third-order valence-corrected chi connectivity index (χ3v) is 2.63. The fraction of sp³-hybridized carbons (Fsp3) is 0.222. The molecule has 1 aromatic rings. The summed E-state index contributed by atoms with van der Waals surface area (Å²) >= 11 is 3.44. The highest BCUT2D eigenvalue weighted by Gasteiger charge is 1.99. The summed E-state index contributed by atoms with van der Waals surface area (Å²) in [6, 6.07) is 4.12. The van der Waals surface area contributed by atoms with E-state index in [9.17, 15) is 0 Å². The number of hydrogen-bond donors (Lipinski definition) is 0. The molecule has 0 heterocycles. The molecule has 1 heteroatoms. The smallest absolute Gasteiger partial charge is 0.0207 e. The molecule has 0 aliphatic rings. The van der Waals surface area contributed by atoms with E-state index in [0.717, 1.165) is 10.0 Å². The summed E-state index contributed by atoms with van der Waals surface area (Å²) in [6.07, 6.45) is 0. The van der Waals surface area contributed by atoms with Crippen molar-refractivity contribution in [1.29, 1.82) is 0 Å². The summed E-state index contributed by atoms with van der Waals surface area (Å²) in [5.74, 6) is 0. The minimum absolute atomic E-state index is 1.13. The zero-order valence-corrected chi connectivity index (χ0v) is 7.83. The van der Waals surface area contributed by atoms with Crippen LogP contribution in [0.5, 0.6) is 0 Å². The lowest BCUT2D eigenvalue weighted by atomic mass is 10.1. The van der Waals surface area contributed by atoms with Crippen molar-refractivity contribution in [1.82, 2.24) is 0 Å². The highest BCUT2D eigenvalue weighted by Crippen LogP contribution is 2.21. The lowest BCUT2D eigenvalue weighted by Gasteiger charge is -2.04. The van der Waals surface area contributed by atoms with Crippen molar-refractivity contribution in [2.24, 2.45) is 0 Å². The third-order valence-electron chi connectivity index (χ3n) is 1.77. The average molecular weight is 198 g/mol. The van der Waals surface area contributed by atoms with Crippen LogP contribution < -0.4 is 0 Å². The van der Waals surface area contributed by atoms with Crippen molar-refractivity contribution in [3.8, 4) is 0 Å². The van der Waals surface area contributed by atoms with Crippen LogP contribution in [-0.4, -0.2) is 0 Å². The van der Waals surface area contributed by atoms with Gasteiger partial charge >= 0.3 is 0 Å². The first-order chi connectivity index (χ1) is 4.63. The first kappa shape index (κ1) is 7.80. The van der Waals surface area contributed by atoms with Gasteiger partial charge in [0.15, 0.2) is 0 Å². The highest BCUT2D eigenvalue weighted by atomic mass is 79.9. The topological polar surface area (TPSA) is 0 Å². The average Bonchev–Trinajstić information content (AvgIpc) is 1.93. The molecule has 0 saturated carbocycles. The lowest BCUT2D eigenvalue weighted by molar-refractivity contribution is 1.31. The molecule has 0 spiro atoms. The number of benzene rings is 1. The van der Waals surface area contributed by atoms with Gasteiger partial charge in [-0.1, -0.05) is 22.0 Å². The second kappa shape index (κ2) is 2.75. The molecule has 53 valence electrons. The van der Waals surface area contributed by atoms with Crippen molar-refractivity contribution < 1.29 is 0 Å². The van der Waals surface area contributed by atoms with Crippen LogP contribution in [0.1, 0.15) is 16.7 Å². The Kier molecular flexibility index (Phi) is 2.14. The molecule has 1 rings (SSSR count). The van der Waals surface area contributed by atoms with Gasteiger partial charge in [0.25, 0.3) is 0 Å². The van der Waals surface area contributed by atoms with Crippen molar-refractivity contribution in [3.63, 3.8) is 0 Å². The predicted octanol–water partition coefficient (Wildman–Crippen LogP) is 3.25. The van der Waals surface area contributed by atoms with E-state index < -0.39 is 0 Å². The predicted molar refractivity (Wildman–Crippen MR) is 48.1 cm³/mol. The molecule has 1 aromatic carbocycles. The molecule has 0 fully saturated rings. The van der Waals surface area contributed by atoms with Crippen LogP contribution in [-0.2, 0) is 0 Å². The molecule has 0 aromatic heterocycles. The summed E-state index contributed by atoms with van der Waals surface area (Å²) in [7, 11) is 0. The Labute approximate surface area is 70.4 Å². The van der Waals surface area contributed by atoms with Gasteiger partial charge in [-0.2, -0.15) is 0 Å². The second-order valence-electron chi connectivity index (χ2n) is 2.47. The maximum absolute atomic E-state index is 3.95. The van der Waals surface area contributed by atoms with Crippen LogP contribution in [0.15, 0.2) is 16.6 Å². The normalized spacial score (nSPS) is 10.0. The molecule has 10 heavy (non-hydrogen) atoms. The molecule has 0 nitrogen and oxygen atoms in total. The highest BCUT2D eigenvalue weighted by molar-refractivity contribution is 9.10. The van der Waals surface area contributed by atoms with E-state index in [1.807, 2.05) is 0 Å². The van der Waals surface area contributed by atoms with E-state index in [1.54, 1.807) is 0 Å². The SMILES string of the molecule is [CH2]c1c(C)ccc(Br)c1C. The monoisotopic (exact) mass is 197 g/mol. The Bertz CT molecular complexity index is 224. The van der Waals surface area contributed by atoms with Crippen LogP contribution in [0.25, 0.3) is 0 Å². The van der Waals surface area contributed by atoms with Crippen molar-refractivity contribution in [2.45, 2.75) is 13.8 Å². The Hall–Kier alpha value is -0.300. The van der Waals surface area contributed by atoms with Crippen LogP contribution in [0.2, 0.25) is 0 Å². The number of hydrogen-bond acceptors (Lipinski definition) is 0. The molecule has 0 atom stereocenters. The third kappa shape index (κ3) is 1.24. The van der Waals surface area contributed by atoms with E-state index in [4.69, 9.17) is 0 Å². The van der Waals surface area contributed by atoms with Gasteiger partial charge in [0, 0.05) is 4.47 Å². The first-order valence-corrected chi connectivity index (χ1v) is 4.00. The zero-order chi connectivity index (χ0) is 7.72. The van der Waals surface area contributed by atoms with Gasteiger partial charge in [0.1, 0.15) is 0 Å². The summed E-state index contributed by atoms with van der Waals surface area (Å²) < 4.78 is 1.14. The Morgan fingerprint density at radius 3 is 2.40 bits per heavy atom. The lowest BCUT2D eigenvalue weighted by Crippen LogP contribution is -1.85. The van der Waals surface area contributed by atoms with Gasteiger partial charge in [-0.05, 0) is 43.5 Å². The standard InChI is InChI=1S/C9H10Br/c1-6-4-5-9(10)8(3)7(6)2/h4-5H,2H2,1,3H3. The van der Waals surface area contributed by atoms with Gasteiger partial charge in [-0.3, -0.25) is 0 Å². The molecular weight excluding hydrogens is 188 g/mol. The minimum Gasteiger partial charge on any atom is -0.0579 e. The Balaban J connectivity index is 3.34. The van der Waals surface area contributed by atoms with E-state index in [-0.39, 0.29) is 0 Å². The van der Waals surface area contributed by atoms with Crippen molar-refractivity contribution in [3.05, 3.63) is 40.2 Å². The fourth-order valence-electron chi connectivity index (χ4n) is 0.864. The quantitative estimate of drug-likeness (QED) is 0.600. The molecule has 0 unspecified atom stereocenters. The number of rotatable bonds is 0. The molecule has 0 aliphatic carbocycles. The van der Waals surface area contributed by atoms with Crippen LogP contribution in [0, 0.1) is 20.8 Å². The van der Waals surface area contributed by atoms with E-state index in [2.05, 4.69) is 48.8 Å². The molecule has 0 saturated heterocycles. The van der Waals surface area contributed by atoms with Crippen LogP contribution in [0.3, 0.4) is 0 Å². The zero-order valence-electron chi connectivity index (χ0n) is 6.24. The van der Waals surface area contributed by atoms with Crippen LogP contribution in [0.4, 0.5) is 0 Å². The minimum atomic E-state index is 1.13. The Morgan fingerprint density at radius 2 is 1.90 bits per heavy atom. The first-order valence-electron chi connectivity index (χ1n) is 3.20. The number of aryl methyl sites for hydroxylation is 1. The van der Waals surface area contributed by atoms with Crippen molar-refractivity contribution >= 4 is 15.9 Å². The van der Waals surface area contributed by atoms with Gasteiger partial charge in [0.2, 0.25) is 0 Å². The molecule has 0 aliphatic heterocycles. The molecular formula is C9H10Br. The van der Waals surface area contributed by atoms with Gasteiger partial charge in [-0.25, -0.2) is 0 Å². The van der Waals surface area contributed by atoms with E-state index in [1.165, 1.54) is 11.1 Å². The fourth-order valence-corrected chi connectivity index (χ4v) is 1.24. The van der Waals surface area contributed by atoms with Gasteiger partial charge < -0.3 is 0 Å². The molecule has 0 N–H and O–H groups in total. The van der Waals surface area contributed by atoms with E-state index >= 15 is 0 Å². The summed E-state index contributed by atoms with van der Waals surface area (Å²) in [4.78, 5) is 0. The summed E-state index contributed by atoms with van der Waals surface area (Å²) in [5, 5.41) is 0. The summed E-state index contributed by atoms with van der Waals surface area (Å²) in [6.45, 7) is 8.09. The number of halogens is 1.